The van der Waals surface area contributed by atoms with Crippen LogP contribution in [0.3, 0.4) is 0 Å². The van der Waals surface area contributed by atoms with E-state index in [0.29, 0.717) is 28.1 Å². The highest BCUT2D eigenvalue weighted by molar-refractivity contribution is 6.42. The van der Waals surface area contributed by atoms with E-state index in [2.05, 4.69) is 10.3 Å². The molecular weight excluding hydrogens is 299 g/mol. The Bertz CT molecular complexity index is 606. The molecule has 0 aliphatic heterocycles. The predicted molar refractivity (Wildman–Crippen MR) is 81.1 cm³/mol. The third kappa shape index (κ3) is 3.26. The van der Waals surface area contributed by atoms with Crippen LogP contribution < -0.4 is 14.8 Å². The molecule has 20 heavy (non-hydrogen) atoms. The zero-order valence-corrected chi connectivity index (χ0v) is 12.6. The standard InChI is InChI=1S/C14H14Cl2N2O2/c1-19-13-5-6-17-12(14(13)20-2)8-18-9-3-4-10(15)11(16)7-9/h3-7,18H,8H2,1-2H3. The summed E-state index contributed by atoms with van der Waals surface area (Å²) < 4.78 is 10.6. The Labute approximate surface area is 127 Å². The number of hydrogen-bond donors (Lipinski definition) is 1. The van der Waals surface area contributed by atoms with Gasteiger partial charge in [-0.15, -0.1) is 0 Å². The number of nitrogens with one attached hydrogen (secondary N) is 1. The van der Waals surface area contributed by atoms with Gasteiger partial charge in [-0.3, -0.25) is 4.98 Å². The van der Waals surface area contributed by atoms with E-state index in [0.717, 1.165) is 11.4 Å². The van der Waals surface area contributed by atoms with Crippen LogP contribution in [-0.2, 0) is 6.54 Å². The maximum atomic E-state index is 5.97. The minimum atomic E-state index is 0.484. The second-order valence-corrected chi connectivity index (χ2v) is 4.79. The van der Waals surface area contributed by atoms with Crippen molar-refractivity contribution in [2.24, 2.45) is 0 Å². The number of halogens is 2. The fourth-order valence-corrected chi connectivity index (χ4v) is 2.07. The topological polar surface area (TPSA) is 43.4 Å². The zero-order valence-electron chi connectivity index (χ0n) is 11.1. The largest absolute Gasteiger partial charge is 0.493 e. The zero-order chi connectivity index (χ0) is 14.5. The Morgan fingerprint density at radius 3 is 2.55 bits per heavy atom. The van der Waals surface area contributed by atoms with Crippen LogP contribution in [0, 0.1) is 0 Å². The van der Waals surface area contributed by atoms with Gasteiger partial charge in [0.2, 0.25) is 0 Å². The number of methoxy groups -OCH3 is 2. The lowest BCUT2D eigenvalue weighted by atomic mass is 10.2. The first-order valence-corrected chi connectivity index (χ1v) is 6.66. The Kier molecular flexibility index (Phi) is 4.93. The van der Waals surface area contributed by atoms with Gasteiger partial charge in [-0.05, 0) is 18.2 Å². The molecule has 6 heteroatoms. The number of pyridine rings is 1. The minimum absolute atomic E-state index is 0.484. The van der Waals surface area contributed by atoms with Crippen molar-refractivity contribution in [3.05, 3.63) is 46.2 Å². The maximum absolute atomic E-state index is 5.97. The molecule has 0 fully saturated rings. The number of aromatic nitrogens is 1. The van der Waals surface area contributed by atoms with Gasteiger partial charge in [-0.1, -0.05) is 23.2 Å². The van der Waals surface area contributed by atoms with Crippen molar-refractivity contribution in [1.82, 2.24) is 4.98 Å². The van der Waals surface area contributed by atoms with E-state index < -0.39 is 0 Å². The molecule has 0 atom stereocenters. The summed E-state index contributed by atoms with van der Waals surface area (Å²) in [6, 6.07) is 7.10. The summed E-state index contributed by atoms with van der Waals surface area (Å²) in [6.07, 6.45) is 1.67. The van der Waals surface area contributed by atoms with E-state index in [9.17, 15) is 0 Å². The second kappa shape index (κ2) is 6.68. The first-order chi connectivity index (χ1) is 9.65. The van der Waals surface area contributed by atoms with E-state index in [1.807, 2.05) is 6.07 Å². The average molecular weight is 313 g/mol. The highest BCUT2D eigenvalue weighted by atomic mass is 35.5. The Balaban J connectivity index is 2.16. The molecule has 0 unspecified atom stereocenters. The lowest BCUT2D eigenvalue weighted by Gasteiger charge is -2.13. The van der Waals surface area contributed by atoms with E-state index in [4.69, 9.17) is 32.7 Å². The summed E-state index contributed by atoms with van der Waals surface area (Å²) in [5, 5.41) is 4.24. The number of ether oxygens (including phenoxy) is 2. The van der Waals surface area contributed by atoms with Crippen LogP contribution in [0.1, 0.15) is 5.69 Å². The summed E-state index contributed by atoms with van der Waals surface area (Å²) in [5.41, 5.74) is 1.60. The number of nitrogens with zero attached hydrogens (tertiary/aromatic N) is 1. The normalized spacial score (nSPS) is 10.2. The Hall–Kier alpha value is -1.65. The molecule has 0 bridgehead atoms. The van der Waals surface area contributed by atoms with Gasteiger partial charge in [0, 0.05) is 18.0 Å². The van der Waals surface area contributed by atoms with Crippen molar-refractivity contribution < 1.29 is 9.47 Å². The number of anilines is 1. The molecule has 4 nitrogen and oxygen atoms in total. The number of rotatable bonds is 5. The summed E-state index contributed by atoms with van der Waals surface area (Å²) >= 11 is 11.8. The van der Waals surface area contributed by atoms with Gasteiger partial charge >= 0.3 is 0 Å². The second-order valence-electron chi connectivity index (χ2n) is 3.98. The molecule has 106 valence electrons. The fraction of sp³-hybridized carbons (Fsp3) is 0.214. The van der Waals surface area contributed by atoms with Gasteiger partial charge in [0.05, 0.1) is 30.8 Å². The predicted octanol–water partition coefficient (Wildman–Crippen LogP) is 4.02. The molecular formula is C14H14Cl2N2O2. The van der Waals surface area contributed by atoms with Crippen LogP contribution >= 0.6 is 23.2 Å². The average Bonchev–Trinajstić information content (AvgIpc) is 2.47. The van der Waals surface area contributed by atoms with Crippen molar-refractivity contribution in [3.8, 4) is 11.5 Å². The Morgan fingerprint density at radius 2 is 1.90 bits per heavy atom. The monoisotopic (exact) mass is 312 g/mol. The van der Waals surface area contributed by atoms with Crippen LogP contribution in [0.4, 0.5) is 5.69 Å². The van der Waals surface area contributed by atoms with Gasteiger partial charge in [0.15, 0.2) is 11.5 Å². The van der Waals surface area contributed by atoms with Gasteiger partial charge in [0.1, 0.15) is 5.69 Å². The minimum Gasteiger partial charge on any atom is -0.493 e. The summed E-state index contributed by atoms with van der Waals surface area (Å²) in [4.78, 5) is 4.29. The molecule has 2 aromatic rings. The third-order valence-electron chi connectivity index (χ3n) is 2.75. The first kappa shape index (κ1) is 14.8. The Morgan fingerprint density at radius 1 is 1.10 bits per heavy atom. The van der Waals surface area contributed by atoms with Crippen molar-refractivity contribution in [1.29, 1.82) is 0 Å². The van der Waals surface area contributed by atoms with Crippen molar-refractivity contribution in [2.45, 2.75) is 6.54 Å². The van der Waals surface area contributed by atoms with Gasteiger partial charge in [-0.25, -0.2) is 0 Å². The SMILES string of the molecule is COc1ccnc(CNc2ccc(Cl)c(Cl)c2)c1OC. The van der Waals surface area contributed by atoms with Gasteiger partial charge in [-0.2, -0.15) is 0 Å². The molecule has 1 heterocycles. The van der Waals surface area contributed by atoms with Crippen LogP contribution in [0.2, 0.25) is 10.0 Å². The van der Waals surface area contributed by atoms with Crippen molar-refractivity contribution in [3.63, 3.8) is 0 Å². The van der Waals surface area contributed by atoms with Gasteiger partial charge < -0.3 is 14.8 Å². The fourth-order valence-electron chi connectivity index (χ4n) is 1.77. The highest BCUT2D eigenvalue weighted by Crippen LogP contribution is 2.30. The van der Waals surface area contributed by atoms with E-state index in [1.165, 1.54) is 0 Å². The molecule has 1 aromatic heterocycles. The third-order valence-corrected chi connectivity index (χ3v) is 3.48. The molecule has 0 saturated carbocycles. The molecule has 0 aliphatic rings. The van der Waals surface area contributed by atoms with Crippen LogP contribution in [-0.4, -0.2) is 19.2 Å². The number of benzene rings is 1. The molecule has 0 spiro atoms. The maximum Gasteiger partial charge on any atom is 0.184 e. The lowest BCUT2D eigenvalue weighted by molar-refractivity contribution is 0.350. The quantitative estimate of drug-likeness (QED) is 0.905. The summed E-state index contributed by atoms with van der Waals surface area (Å²) in [6.45, 7) is 0.484. The van der Waals surface area contributed by atoms with Crippen LogP contribution in [0.15, 0.2) is 30.5 Å². The first-order valence-electron chi connectivity index (χ1n) is 5.90. The van der Waals surface area contributed by atoms with E-state index >= 15 is 0 Å². The molecule has 0 saturated heterocycles. The number of hydrogen-bond acceptors (Lipinski definition) is 4. The molecule has 0 aliphatic carbocycles. The molecule has 2 rings (SSSR count). The molecule has 1 N–H and O–H groups in total. The van der Waals surface area contributed by atoms with E-state index in [-0.39, 0.29) is 0 Å². The molecule has 1 aromatic carbocycles. The summed E-state index contributed by atoms with van der Waals surface area (Å²) in [7, 11) is 3.18. The molecule has 0 amide bonds. The van der Waals surface area contributed by atoms with Crippen molar-refractivity contribution in [2.75, 3.05) is 19.5 Å². The van der Waals surface area contributed by atoms with Gasteiger partial charge in [0.25, 0.3) is 0 Å². The smallest absolute Gasteiger partial charge is 0.184 e. The highest BCUT2D eigenvalue weighted by Gasteiger charge is 2.10. The van der Waals surface area contributed by atoms with Crippen LogP contribution in [0.5, 0.6) is 11.5 Å². The molecule has 0 radical (unpaired) electrons. The van der Waals surface area contributed by atoms with Crippen molar-refractivity contribution >= 4 is 28.9 Å². The lowest BCUT2D eigenvalue weighted by Crippen LogP contribution is -2.05. The van der Waals surface area contributed by atoms with Crippen LogP contribution in [0.25, 0.3) is 0 Å². The van der Waals surface area contributed by atoms with E-state index in [1.54, 1.807) is 38.6 Å². The summed E-state index contributed by atoms with van der Waals surface area (Å²) in [5.74, 6) is 1.26.